The van der Waals surface area contributed by atoms with Gasteiger partial charge in [-0.15, -0.1) is 0 Å². The van der Waals surface area contributed by atoms with Gasteiger partial charge in [0.05, 0.1) is 19.2 Å². The van der Waals surface area contributed by atoms with Crippen LogP contribution in [0.1, 0.15) is 28.4 Å². The minimum Gasteiger partial charge on any atom is -0.447 e. The molecule has 0 aliphatic carbocycles. The standard InChI is InChI=1S/C23H30N4O3/c1-25(20-9-15-29-17-20)23(28)21-18-30-22(24-21)16-27-13-11-26(12-14-27)10-5-8-19-6-3-2-4-7-19/h2-8,18,20H,9-17H2,1H3/b8-5+. The van der Waals surface area contributed by atoms with Crippen LogP contribution in [0.15, 0.2) is 47.1 Å². The Morgan fingerprint density at radius 3 is 2.70 bits per heavy atom. The van der Waals surface area contributed by atoms with Crippen molar-refractivity contribution in [2.45, 2.75) is 19.0 Å². The fourth-order valence-corrected chi connectivity index (χ4v) is 3.88. The summed E-state index contributed by atoms with van der Waals surface area (Å²) in [6.45, 7) is 6.84. The van der Waals surface area contributed by atoms with Crippen molar-refractivity contribution >= 4 is 12.0 Å². The van der Waals surface area contributed by atoms with Crippen molar-refractivity contribution in [3.63, 3.8) is 0 Å². The number of hydrogen-bond acceptors (Lipinski definition) is 6. The van der Waals surface area contributed by atoms with Gasteiger partial charge in [0.25, 0.3) is 5.91 Å². The first-order valence-electron chi connectivity index (χ1n) is 10.6. The lowest BCUT2D eigenvalue weighted by Gasteiger charge is -2.33. The average Bonchev–Trinajstić information content (AvgIpc) is 3.47. The number of carbonyl (C=O) groups is 1. The van der Waals surface area contributed by atoms with Gasteiger partial charge in [-0.05, 0) is 12.0 Å². The molecule has 7 nitrogen and oxygen atoms in total. The number of amides is 1. The Morgan fingerprint density at radius 2 is 1.97 bits per heavy atom. The van der Waals surface area contributed by atoms with E-state index in [9.17, 15) is 4.79 Å². The van der Waals surface area contributed by atoms with Crippen LogP contribution in [0.25, 0.3) is 6.08 Å². The van der Waals surface area contributed by atoms with Crippen molar-refractivity contribution in [1.29, 1.82) is 0 Å². The van der Waals surface area contributed by atoms with E-state index < -0.39 is 0 Å². The SMILES string of the molecule is CN(C(=O)c1coc(CN2CCN(C/C=C/c3ccccc3)CC2)n1)C1CCOC1. The Balaban J connectivity index is 1.21. The summed E-state index contributed by atoms with van der Waals surface area (Å²) in [5.41, 5.74) is 1.61. The van der Waals surface area contributed by atoms with E-state index in [0.717, 1.165) is 39.1 Å². The maximum atomic E-state index is 12.6. The van der Waals surface area contributed by atoms with Crippen molar-refractivity contribution in [3.05, 3.63) is 59.8 Å². The van der Waals surface area contributed by atoms with Crippen LogP contribution in [0.3, 0.4) is 0 Å². The maximum Gasteiger partial charge on any atom is 0.275 e. The first-order valence-corrected chi connectivity index (χ1v) is 10.6. The van der Waals surface area contributed by atoms with Gasteiger partial charge in [-0.3, -0.25) is 14.6 Å². The summed E-state index contributed by atoms with van der Waals surface area (Å²) in [5, 5.41) is 0. The van der Waals surface area contributed by atoms with Crippen molar-refractivity contribution in [1.82, 2.24) is 19.7 Å². The van der Waals surface area contributed by atoms with Crippen molar-refractivity contribution in [2.24, 2.45) is 0 Å². The van der Waals surface area contributed by atoms with Crippen LogP contribution in [0.4, 0.5) is 0 Å². The molecule has 3 heterocycles. The van der Waals surface area contributed by atoms with E-state index in [1.54, 1.807) is 4.90 Å². The summed E-state index contributed by atoms with van der Waals surface area (Å²) in [4.78, 5) is 23.5. The molecule has 30 heavy (non-hydrogen) atoms. The topological polar surface area (TPSA) is 62.1 Å². The fraction of sp³-hybridized carbons (Fsp3) is 0.478. The molecule has 4 rings (SSSR count). The Labute approximate surface area is 177 Å². The van der Waals surface area contributed by atoms with E-state index in [0.29, 0.717) is 31.3 Å². The van der Waals surface area contributed by atoms with Gasteiger partial charge in [0.2, 0.25) is 5.89 Å². The van der Waals surface area contributed by atoms with Crippen molar-refractivity contribution in [2.75, 3.05) is 53.0 Å². The fourth-order valence-electron chi connectivity index (χ4n) is 3.88. The minimum atomic E-state index is -0.101. The third-order valence-corrected chi connectivity index (χ3v) is 5.84. The first kappa shape index (κ1) is 20.8. The van der Waals surface area contributed by atoms with Crippen LogP contribution in [0, 0.1) is 0 Å². The largest absolute Gasteiger partial charge is 0.447 e. The molecule has 2 aromatic rings. The van der Waals surface area contributed by atoms with E-state index in [-0.39, 0.29) is 11.9 Å². The highest BCUT2D eigenvalue weighted by atomic mass is 16.5. The summed E-state index contributed by atoms with van der Waals surface area (Å²) < 4.78 is 11.0. The van der Waals surface area contributed by atoms with Gasteiger partial charge in [0, 0.05) is 46.4 Å². The highest BCUT2D eigenvalue weighted by Gasteiger charge is 2.27. The molecule has 7 heteroatoms. The number of hydrogen-bond donors (Lipinski definition) is 0. The second-order valence-electron chi connectivity index (χ2n) is 7.95. The maximum absolute atomic E-state index is 12.6. The second kappa shape index (κ2) is 10.0. The van der Waals surface area contributed by atoms with Gasteiger partial charge in [0.15, 0.2) is 5.69 Å². The number of ether oxygens (including phenoxy) is 1. The number of aromatic nitrogens is 1. The minimum absolute atomic E-state index is 0.101. The number of benzene rings is 1. The normalized spacial score (nSPS) is 20.8. The van der Waals surface area contributed by atoms with Crippen LogP contribution in [0.5, 0.6) is 0 Å². The number of rotatable bonds is 7. The van der Waals surface area contributed by atoms with Gasteiger partial charge < -0.3 is 14.1 Å². The molecule has 1 unspecified atom stereocenters. The van der Waals surface area contributed by atoms with Gasteiger partial charge >= 0.3 is 0 Å². The lowest BCUT2D eigenvalue weighted by molar-refractivity contribution is 0.0705. The molecule has 2 aliphatic rings. The lowest BCUT2D eigenvalue weighted by atomic mass is 10.2. The third-order valence-electron chi connectivity index (χ3n) is 5.84. The van der Waals surface area contributed by atoms with Crippen molar-refractivity contribution < 1.29 is 13.9 Å². The first-order chi connectivity index (χ1) is 14.7. The van der Waals surface area contributed by atoms with Gasteiger partial charge in [-0.1, -0.05) is 42.5 Å². The molecule has 2 fully saturated rings. The number of nitrogens with zero attached hydrogens (tertiary/aromatic N) is 4. The van der Waals surface area contributed by atoms with Crippen LogP contribution < -0.4 is 0 Å². The molecule has 2 saturated heterocycles. The molecule has 1 aromatic heterocycles. The lowest BCUT2D eigenvalue weighted by Crippen LogP contribution is -2.45. The highest BCUT2D eigenvalue weighted by Crippen LogP contribution is 2.15. The zero-order valence-electron chi connectivity index (χ0n) is 17.6. The van der Waals surface area contributed by atoms with Crippen LogP contribution >= 0.6 is 0 Å². The molecule has 0 spiro atoms. The quantitative estimate of drug-likeness (QED) is 0.698. The molecule has 0 radical (unpaired) electrons. The molecule has 2 aliphatic heterocycles. The Bertz CT molecular complexity index is 837. The Morgan fingerprint density at radius 1 is 1.20 bits per heavy atom. The highest BCUT2D eigenvalue weighted by molar-refractivity contribution is 5.92. The molecule has 0 bridgehead atoms. The smallest absolute Gasteiger partial charge is 0.275 e. The molecule has 160 valence electrons. The van der Waals surface area contributed by atoms with Gasteiger partial charge in [-0.25, -0.2) is 4.98 Å². The summed E-state index contributed by atoms with van der Waals surface area (Å²) in [6.07, 6.45) is 6.75. The summed E-state index contributed by atoms with van der Waals surface area (Å²) >= 11 is 0. The Kier molecular flexibility index (Phi) is 6.94. The summed E-state index contributed by atoms with van der Waals surface area (Å²) in [6, 6.07) is 10.5. The molecule has 0 N–H and O–H groups in total. The Hall–Kier alpha value is -2.48. The van der Waals surface area contributed by atoms with Crippen LogP contribution in [0.2, 0.25) is 0 Å². The summed E-state index contributed by atoms with van der Waals surface area (Å²) in [5.74, 6) is 0.502. The molecule has 1 amide bonds. The number of likely N-dealkylation sites (N-methyl/N-ethyl adjacent to an activating group) is 1. The van der Waals surface area contributed by atoms with E-state index in [4.69, 9.17) is 9.15 Å². The van der Waals surface area contributed by atoms with Gasteiger partial charge in [0.1, 0.15) is 6.26 Å². The molecule has 0 saturated carbocycles. The molecule has 1 aromatic carbocycles. The third kappa shape index (κ3) is 5.36. The zero-order valence-corrected chi connectivity index (χ0v) is 17.6. The molecule has 1 atom stereocenters. The van der Waals surface area contributed by atoms with E-state index in [2.05, 4.69) is 51.2 Å². The number of oxazole rings is 1. The van der Waals surface area contributed by atoms with E-state index >= 15 is 0 Å². The predicted molar refractivity (Wildman–Crippen MR) is 115 cm³/mol. The van der Waals surface area contributed by atoms with Crippen LogP contribution in [-0.4, -0.2) is 84.6 Å². The van der Waals surface area contributed by atoms with Crippen molar-refractivity contribution in [3.8, 4) is 0 Å². The molecular weight excluding hydrogens is 380 g/mol. The van der Waals surface area contributed by atoms with E-state index in [1.165, 1.54) is 11.8 Å². The van der Waals surface area contributed by atoms with E-state index in [1.807, 2.05) is 13.1 Å². The number of piperazine rings is 1. The molecular formula is C23H30N4O3. The van der Waals surface area contributed by atoms with Gasteiger partial charge in [-0.2, -0.15) is 0 Å². The summed E-state index contributed by atoms with van der Waals surface area (Å²) in [7, 11) is 1.81. The number of carbonyl (C=O) groups excluding carboxylic acids is 1. The second-order valence-corrected chi connectivity index (χ2v) is 7.95. The monoisotopic (exact) mass is 410 g/mol. The zero-order chi connectivity index (χ0) is 20.8. The predicted octanol–water partition coefficient (Wildman–Crippen LogP) is 2.37. The van der Waals surface area contributed by atoms with Crippen LogP contribution in [-0.2, 0) is 11.3 Å². The average molecular weight is 411 g/mol.